The molecule has 0 radical (unpaired) electrons. The van der Waals surface area contributed by atoms with E-state index in [0.29, 0.717) is 13.1 Å². The number of nitrogens with two attached hydrogens (primary N) is 1. The fourth-order valence-corrected chi connectivity index (χ4v) is 3.32. The Balaban J connectivity index is 1.69. The maximum absolute atomic E-state index is 13.6. The van der Waals surface area contributed by atoms with E-state index in [-0.39, 0.29) is 34.3 Å². The molecular weight excluding hydrogens is 350 g/mol. The Morgan fingerprint density at radius 2 is 2.00 bits per heavy atom. The van der Waals surface area contributed by atoms with Gasteiger partial charge >= 0.3 is 0 Å². The van der Waals surface area contributed by atoms with Crippen LogP contribution in [0.25, 0.3) is 0 Å². The number of nitrogens with zero attached hydrogens (tertiary/aromatic N) is 2. The van der Waals surface area contributed by atoms with Crippen molar-refractivity contribution in [2.24, 2.45) is 0 Å². The summed E-state index contributed by atoms with van der Waals surface area (Å²) < 4.78 is 30.5. The number of hydrogen-bond acceptors (Lipinski definition) is 5. The maximum Gasteiger partial charge on any atom is 0.275 e. The molecule has 0 aliphatic carbocycles. The summed E-state index contributed by atoms with van der Waals surface area (Å²) >= 11 is 0.825. The Morgan fingerprint density at radius 3 is 2.68 bits per heavy atom. The van der Waals surface area contributed by atoms with E-state index in [2.05, 4.69) is 9.69 Å². The topological polar surface area (TPSA) is 88.3 Å². The Kier molecular flexibility index (Phi) is 4.93. The molecule has 2 heterocycles. The van der Waals surface area contributed by atoms with Gasteiger partial charge < -0.3 is 16.0 Å². The molecule has 0 spiro atoms. The van der Waals surface area contributed by atoms with E-state index in [1.54, 1.807) is 4.90 Å². The minimum absolute atomic E-state index is 0.0268. The van der Waals surface area contributed by atoms with Gasteiger partial charge in [-0.3, -0.25) is 9.59 Å². The molecule has 2 aromatic rings. The SMILES string of the molecule is Nc1c(C(=O)N2CCCC2)nsc1C(=O)NCc1ccc(F)cc1F. The first-order valence-corrected chi connectivity index (χ1v) is 8.51. The number of likely N-dealkylation sites (tertiary alicyclic amines) is 1. The number of hydrogen-bond donors (Lipinski definition) is 2. The molecule has 0 bridgehead atoms. The summed E-state index contributed by atoms with van der Waals surface area (Å²) in [6, 6.07) is 3.11. The summed E-state index contributed by atoms with van der Waals surface area (Å²) in [6.07, 6.45) is 1.87. The van der Waals surface area contributed by atoms with Gasteiger partial charge in [-0.25, -0.2) is 8.78 Å². The normalized spacial score (nSPS) is 13.9. The highest BCUT2D eigenvalue weighted by Gasteiger charge is 2.27. The van der Waals surface area contributed by atoms with Crippen LogP contribution in [0, 0.1) is 11.6 Å². The first-order valence-electron chi connectivity index (χ1n) is 7.74. The molecule has 2 amide bonds. The molecule has 0 atom stereocenters. The van der Waals surface area contributed by atoms with Crippen LogP contribution in [0.4, 0.5) is 14.5 Å². The Bertz CT molecular complexity index is 818. The smallest absolute Gasteiger partial charge is 0.275 e. The monoisotopic (exact) mass is 366 g/mol. The Hall–Kier alpha value is -2.55. The van der Waals surface area contributed by atoms with Crippen molar-refractivity contribution in [3.63, 3.8) is 0 Å². The molecule has 1 aromatic heterocycles. The second-order valence-electron chi connectivity index (χ2n) is 5.69. The van der Waals surface area contributed by atoms with E-state index in [1.165, 1.54) is 6.07 Å². The Morgan fingerprint density at radius 1 is 1.28 bits per heavy atom. The zero-order chi connectivity index (χ0) is 18.0. The van der Waals surface area contributed by atoms with Crippen LogP contribution in [-0.4, -0.2) is 34.2 Å². The van der Waals surface area contributed by atoms with E-state index in [4.69, 9.17) is 5.73 Å². The van der Waals surface area contributed by atoms with Crippen LogP contribution < -0.4 is 11.1 Å². The van der Waals surface area contributed by atoms with Crippen LogP contribution in [0.1, 0.15) is 38.6 Å². The van der Waals surface area contributed by atoms with E-state index in [1.807, 2.05) is 0 Å². The second kappa shape index (κ2) is 7.14. The summed E-state index contributed by atoms with van der Waals surface area (Å²) in [6.45, 7) is 1.18. The van der Waals surface area contributed by atoms with Crippen molar-refractivity contribution >= 4 is 29.0 Å². The molecule has 1 aliphatic rings. The summed E-state index contributed by atoms with van der Waals surface area (Å²) in [5.41, 5.74) is 6.15. The van der Waals surface area contributed by atoms with Gasteiger partial charge in [-0.05, 0) is 30.4 Å². The molecule has 132 valence electrons. The predicted octanol–water partition coefficient (Wildman–Crippen LogP) is 2.17. The number of carbonyl (C=O) groups is 2. The number of rotatable bonds is 4. The van der Waals surface area contributed by atoms with E-state index >= 15 is 0 Å². The number of anilines is 1. The van der Waals surface area contributed by atoms with Crippen molar-refractivity contribution in [1.82, 2.24) is 14.6 Å². The minimum Gasteiger partial charge on any atom is -0.395 e. The van der Waals surface area contributed by atoms with Crippen LogP contribution in [0.3, 0.4) is 0 Å². The number of nitrogens with one attached hydrogen (secondary N) is 1. The summed E-state index contributed by atoms with van der Waals surface area (Å²) in [7, 11) is 0. The third-order valence-electron chi connectivity index (χ3n) is 3.98. The molecule has 0 unspecified atom stereocenters. The van der Waals surface area contributed by atoms with Crippen molar-refractivity contribution < 1.29 is 18.4 Å². The van der Waals surface area contributed by atoms with Gasteiger partial charge in [-0.1, -0.05) is 6.07 Å². The summed E-state index contributed by atoms with van der Waals surface area (Å²) in [5, 5.41) is 2.50. The standard InChI is InChI=1S/C16H16F2N4O2S/c17-10-4-3-9(11(18)7-10)8-20-15(23)14-12(19)13(21-25-14)16(24)22-5-1-2-6-22/h3-4,7H,1-2,5-6,8,19H2,(H,20,23). The number of nitrogen functional groups attached to an aromatic ring is 1. The molecule has 3 rings (SSSR count). The van der Waals surface area contributed by atoms with Gasteiger partial charge in [0.05, 0.1) is 5.69 Å². The van der Waals surface area contributed by atoms with E-state index in [0.717, 1.165) is 36.5 Å². The lowest BCUT2D eigenvalue weighted by Crippen LogP contribution is -2.29. The third kappa shape index (κ3) is 3.60. The molecule has 9 heteroatoms. The zero-order valence-corrected chi connectivity index (χ0v) is 14.0. The molecule has 6 nitrogen and oxygen atoms in total. The fourth-order valence-electron chi connectivity index (χ4n) is 2.61. The van der Waals surface area contributed by atoms with Gasteiger partial charge in [-0.15, -0.1) is 0 Å². The largest absolute Gasteiger partial charge is 0.395 e. The minimum atomic E-state index is -0.748. The van der Waals surface area contributed by atoms with E-state index < -0.39 is 17.5 Å². The van der Waals surface area contributed by atoms with Crippen LogP contribution in [0.15, 0.2) is 18.2 Å². The molecule has 0 saturated carbocycles. The first-order chi connectivity index (χ1) is 12.0. The molecular formula is C16H16F2N4O2S. The van der Waals surface area contributed by atoms with Gasteiger partial charge in [0.25, 0.3) is 11.8 Å². The van der Waals surface area contributed by atoms with Crippen molar-refractivity contribution in [2.75, 3.05) is 18.8 Å². The predicted molar refractivity (Wildman–Crippen MR) is 89.2 cm³/mol. The second-order valence-corrected chi connectivity index (χ2v) is 6.47. The lowest BCUT2D eigenvalue weighted by Gasteiger charge is -2.13. The molecule has 1 aromatic carbocycles. The first kappa shape index (κ1) is 17.3. The number of carbonyl (C=O) groups excluding carboxylic acids is 2. The number of aromatic nitrogens is 1. The van der Waals surface area contributed by atoms with Crippen LogP contribution in [-0.2, 0) is 6.54 Å². The number of halogens is 2. The van der Waals surface area contributed by atoms with Crippen molar-refractivity contribution in [3.8, 4) is 0 Å². The van der Waals surface area contributed by atoms with Gasteiger partial charge in [0, 0.05) is 31.3 Å². The number of benzene rings is 1. The Labute approximate surface area is 146 Å². The van der Waals surface area contributed by atoms with E-state index in [9.17, 15) is 18.4 Å². The van der Waals surface area contributed by atoms with Gasteiger partial charge in [0.2, 0.25) is 0 Å². The van der Waals surface area contributed by atoms with Crippen molar-refractivity contribution in [1.29, 1.82) is 0 Å². The quantitative estimate of drug-likeness (QED) is 0.868. The molecule has 1 fully saturated rings. The average molecular weight is 366 g/mol. The lowest BCUT2D eigenvalue weighted by atomic mass is 10.2. The molecule has 25 heavy (non-hydrogen) atoms. The van der Waals surface area contributed by atoms with Gasteiger partial charge in [0.1, 0.15) is 16.5 Å². The van der Waals surface area contributed by atoms with Gasteiger partial charge in [-0.2, -0.15) is 4.37 Å². The van der Waals surface area contributed by atoms with Crippen LogP contribution in [0.2, 0.25) is 0 Å². The van der Waals surface area contributed by atoms with Crippen molar-refractivity contribution in [2.45, 2.75) is 19.4 Å². The van der Waals surface area contributed by atoms with Crippen LogP contribution >= 0.6 is 11.5 Å². The highest BCUT2D eigenvalue weighted by atomic mass is 32.1. The molecule has 3 N–H and O–H groups in total. The highest BCUT2D eigenvalue weighted by molar-refractivity contribution is 7.09. The molecule has 1 aliphatic heterocycles. The van der Waals surface area contributed by atoms with Crippen LogP contribution in [0.5, 0.6) is 0 Å². The third-order valence-corrected chi connectivity index (χ3v) is 4.85. The fraction of sp³-hybridized carbons (Fsp3) is 0.312. The lowest BCUT2D eigenvalue weighted by molar-refractivity contribution is 0.0789. The molecule has 1 saturated heterocycles. The highest BCUT2D eigenvalue weighted by Crippen LogP contribution is 2.24. The summed E-state index contributed by atoms with van der Waals surface area (Å²) in [4.78, 5) is 26.3. The van der Waals surface area contributed by atoms with Gasteiger partial charge in [0.15, 0.2) is 5.69 Å². The average Bonchev–Trinajstić information content (AvgIpc) is 3.23. The summed E-state index contributed by atoms with van der Waals surface area (Å²) in [5.74, 6) is -2.28. The maximum atomic E-state index is 13.6. The van der Waals surface area contributed by atoms with Crippen molar-refractivity contribution in [3.05, 3.63) is 46.0 Å². The zero-order valence-electron chi connectivity index (χ0n) is 13.2. The number of amides is 2.